The lowest BCUT2D eigenvalue weighted by Gasteiger charge is -2.24. The minimum atomic E-state index is -0.214. The molecule has 0 saturated heterocycles. The molecule has 0 radical (unpaired) electrons. The zero-order valence-corrected chi connectivity index (χ0v) is 31.8. The van der Waals surface area contributed by atoms with Gasteiger partial charge in [0.2, 0.25) is 0 Å². The maximum Gasteiger partial charge on any atom is 0.0787 e. The molecule has 0 unspecified atom stereocenters. The van der Waals surface area contributed by atoms with Gasteiger partial charge in [-0.05, 0) is 118 Å². The van der Waals surface area contributed by atoms with E-state index in [4.69, 9.17) is 4.98 Å². The second-order valence-electron chi connectivity index (χ2n) is 16.2. The van der Waals surface area contributed by atoms with Crippen LogP contribution in [-0.2, 0) is 5.41 Å². The third-order valence-electron chi connectivity index (χ3n) is 12.8. The average molecular weight is 724 g/mol. The van der Waals surface area contributed by atoms with Crippen LogP contribution in [0, 0.1) is 0 Å². The molecule has 0 spiro atoms. The third kappa shape index (κ3) is 4.66. The van der Waals surface area contributed by atoms with E-state index in [9.17, 15) is 0 Å². The van der Waals surface area contributed by atoms with Gasteiger partial charge < -0.3 is 0 Å². The molecule has 0 fully saturated rings. The van der Waals surface area contributed by atoms with E-state index in [0.717, 1.165) is 22.2 Å². The molecule has 10 aromatic rings. The third-order valence-corrected chi connectivity index (χ3v) is 12.8. The highest BCUT2D eigenvalue weighted by atomic mass is 14.7. The van der Waals surface area contributed by atoms with Crippen molar-refractivity contribution in [1.82, 2.24) is 4.98 Å². The zero-order chi connectivity index (χ0) is 37.8. The largest absolute Gasteiger partial charge is 0.247 e. The van der Waals surface area contributed by atoms with Gasteiger partial charge in [0.1, 0.15) is 0 Å². The number of hydrogen-bond acceptors (Lipinski definition) is 1. The van der Waals surface area contributed by atoms with Crippen LogP contribution in [0.5, 0.6) is 0 Å². The maximum atomic E-state index is 5.28. The van der Waals surface area contributed by atoms with Crippen molar-refractivity contribution in [2.24, 2.45) is 0 Å². The molecule has 9 aromatic carbocycles. The molecule has 0 N–H and O–H groups in total. The van der Waals surface area contributed by atoms with E-state index >= 15 is 0 Å². The summed E-state index contributed by atoms with van der Waals surface area (Å²) in [5.74, 6) is 0. The zero-order valence-electron chi connectivity index (χ0n) is 31.8. The highest BCUT2D eigenvalue weighted by molar-refractivity contribution is 6.22. The van der Waals surface area contributed by atoms with Crippen molar-refractivity contribution in [2.75, 3.05) is 0 Å². The van der Waals surface area contributed by atoms with Crippen LogP contribution in [-0.4, -0.2) is 4.98 Å². The molecule has 0 aliphatic heterocycles. The molecular formula is C56H37N. The Kier molecular flexibility index (Phi) is 6.75. The molecule has 266 valence electrons. The van der Waals surface area contributed by atoms with Crippen molar-refractivity contribution in [3.05, 3.63) is 199 Å². The average Bonchev–Trinajstić information content (AvgIpc) is 3.72. The van der Waals surface area contributed by atoms with Gasteiger partial charge in [-0.15, -0.1) is 0 Å². The fraction of sp³-hybridized carbons (Fsp3) is 0.0536. The van der Waals surface area contributed by atoms with E-state index < -0.39 is 0 Å². The first-order valence-electron chi connectivity index (χ1n) is 20.0. The summed E-state index contributed by atoms with van der Waals surface area (Å²) in [5, 5.41) is 6.20. The van der Waals surface area contributed by atoms with Crippen LogP contribution in [0.25, 0.3) is 110 Å². The summed E-state index contributed by atoms with van der Waals surface area (Å²) >= 11 is 0. The molecule has 1 heterocycles. The number of aromatic nitrogens is 1. The normalized spacial score (nSPS) is 13.2. The fourth-order valence-electron chi connectivity index (χ4n) is 10.1. The van der Waals surface area contributed by atoms with Gasteiger partial charge in [-0.3, -0.25) is 0 Å². The van der Waals surface area contributed by atoms with Crippen LogP contribution in [0.4, 0.5) is 0 Å². The van der Waals surface area contributed by atoms with Crippen LogP contribution in [0.2, 0.25) is 0 Å². The molecule has 12 rings (SSSR count). The molecular weight excluding hydrogens is 687 g/mol. The van der Waals surface area contributed by atoms with E-state index in [1.807, 2.05) is 0 Å². The lowest BCUT2D eigenvalue weighted by atomic mass is 9.79. The smallest absolute Gasteiger partial charge is 0.0787 e. The Hall–Kier alpha value is -7.09. The number of hydrogen-bond donors (Lipinski definition) is 0. The molecule has 0 atom stereocenters. The van der Waals surface area contributed by atoms with E-state index in [1.54, 1.807) is 0 Å². The minimum absolute atomic E-state index is 0.214. The minimum Gasteiger partial charge on any atom is -0.247 e. The summed E-state index contributed by atoms with van der Waals surface area (Å²) in [6, 6.07) is 69.6. The number of benzene rings is 9. The quantitative estimate of drug-likeness (QED) is 0.165. The molecule has 57 heavy (non-hydrogen) atoms. The van der Waals surface area contributed by atoms with Crippen LogP contribution < -0.4 is 0 Å². The van der Waals surface area contributed by atoms with Crippen LogP contribution in [0.3, 0.4) is 0 Å². The number of fused-ring (bicyclic) bond motifs is 9. The summed E-state index contributed by atoms with van der Waals surface area (Å²) in [6.07, 6.45) is 0. The summed E-state index contributed by atoms with van der Waals surface area (Å²) in [7, 11) is 0. The van der Waals surface area contributed by atoms with Crippen LogP contribution in [0.1, 0.15) is 25.0 Å². The lowest BCUT2D eigenvalue weighted by molar-refractivity contribution is 0.661. The van der Waals surface area contributed by atoms with Gasteiger partial charge in [-0.1, -0.05) is 178 Å². The Morgan fingerprint density at radius 1 is 0.351 bits per heavy atom. The standard InChI is InChI=1S/C56H37N/c1-56(2)48-31-39(25-28-42(48)43-29-26-40(32-49(43)56)50-30-27-38-24-23-35-15-9-10-20-41(35)55(38)57-50)47-33-46(34-13-5-3-6-14-34)53-44-21-11-18-36-19-12-22-45(51(36)44)54(53)52(47)37-16-7-4-8-17-37/h3-33H,1-2H3. The SMILES string of the molecule is CC1(C)c2cc(-c3ccc4ccc5ccccc5c4n3)ccc2-c2ccc(-c3cc(-c4ccccc4)c4c(c3-c3ccccc3)-c3cccc5cccc-4c35)cc21. The second-order valence-corrected chi connectivity index (χ2v) is 16.2. The highest BCUT2D eigenvalue weighted by Crippen LogP contribution is 2.58. The van der Waals surface area contributed by atoms with Crippen molar-refractivity contribution < 1.29 is 0 Å². The Labute approximate surface area is 332 Å². The van der Waals surface area contributed by atoms with E-state index in [2.05, 4.69) is 202 Å². The Morgan fingerprint density at radius 2 is 0.930 bits per heavy atom. The van der Waals surface area contributed by atoms with Gasteiger partial charge in [0.25, 0.3) is 0 Å². The van der Waals surface area contributed by atoms with Gasteiger partial charge in [0.15, 0.2) is 0 Å². The van der Waals surface area contributed by atoms with E-state index in [0.29, 0.717) is 0 Å². The predicted molar refractivity (Wildman–Crippen MR) is 240 cm³/mol. The molecule has 0 amide bonds. The van der Waals surface area contributed by atoms with Crippen molar-refractivity contribution in [3.8, 4) is 78.0 Å². The molecule has 1 nitrogen and oxygen atoms in total. The fourth-order valence-corrected chi connectivity index (χ4v) is 10.1. The molecule has 0 bridgehead atoms. The van der Waals surface area contributed by atoms with Gasteiger partial charge in [-0.2, -0.15) is 0 Å². The first-order valence-corrected chi connectivity index (χ1v) is 20.0. The first-order chi connectivity index (χ1) is 28.0. The topological polar surface area (TPSA) is 12.9 Å². The van der Waals surface area contributed by atoms with Crippen LogP contribution in [0.15, 0.2) is 188 Å². The Bertz CT molecular complexity index is 3290. The van der Waals surface area contributed by atoms with Crippen molar-refractivity contribution >= 4 is 32.4 Å². The molecule has 1 aromatic heterocycles. The monoisotopic (exact) mass is 723 g/mol. The van der Waals surface area contributed by atoms with Crippen LogP contribution >= 0.6 is 0 Å². The van der Waals surface area contributed by atoms with E-state index in [1.165, 1.54) is 99.4 Å². The second kappa shape index (κ2) is 12.0. The van der Waals surface area contributed by atoms with Gasteiger partial charge in [0, 0.05) is 21.8 Å². The highest BCUT2D eigenvalue weighted by Gasteiger charge is 2.37. The van der Waals surface area contributed by atoms with Crippen molar-refractivity contribution in [2.45, 2.75) is 19.3 Å². The first kappa shape index (κ1) is 32.2. The number of pyridine rings is 1. The summed E-state index contributed by atoms with van der Waals surface area (Å²) in [4.78, 5) is 5.28. The summed E-state index contributed by atoms with van der Waals surface area (Å²) in [6.45, 7) is 4.78. The number of nitrogens with zero attached hydrogens (tertiary/aromatic N) is 1. The molecule has 2 aliphatic carbocycles. The Balaban J connectivity index is 1.06. The lowest BCUT2D eigenvalue weighted by Crippen LogP contribution is -2.15. The number of rotatable bonds is 4. The molecule has 2 aliphatic rings. The van der Waals surface area contributed by atoms with Gasteiger partial charge in [0.05, 0.1) is 11.2 Å². The van der Waals surface area contributed by atoms with Gasteiger partial charge in [-0.25, -0.2) is 4.98 Å². The van der Waals surface area contributed by atoms with E-state index in [-0.39, 0.29) is 5.41 Å². The maximum absolute atomic E-state index is 5.28. The van der Waals surface area contributed by atoms with Crippen molar-refractivity contribution in [1.29, 1.82) is 0 Å². The summed E-state index contributed by atoms with van der Waals surface area (Å²) < 4.78 is 0. The Morgan fingerprint density at radius 3 is 1.68 bits per heavy atom. The summed E-state index contributed by atoms with van der Waals surface area (Å²) in [5.41, 5.74) is 21.1. The van der Waals surface area contributed by atoms with Crippen molar-refractivity contribution in [3.63, 3.8) is 0 Å². The molecule has 0 saturated carbocycles. The molecule has 1 heteroatoms. The van der Waals surface area contributed by atoms with Gasteiger partial charge >= 0.3 is 0 Å². The predicted octanol–water partition coefficient (Wildman–Crippen LogP) is 15.2.